The minimum Gasteiger partial charge on any atom is -0.261 e. The van der Waals surface area contributed by atoms with Gasteiger partial charge in [0, 0.05) is 0 Å². The highest BCUT2D eigenvalue weighted by atomic mass is 32.2. The highest BCUT2D eigenvalue weighted by Crippen LogP contribution is 2.23. The van der Waals surface area contributed by atoms with Gasteiger partial charge in [-0.2, -0.15) is 26.6 Å². The van der Waals surface area contributed by atoms with Crippen molar-refractivity contribution in [3.8, 4) is 0 Å². The first-order valence-electron chi connectivity index (χ1n) is 3.20. The zero-order valence-corrected chi connectivity index (χ0v) is 7.57. The molecule has 0 saturated heterocycles. The van der Waals surface area contributed by atoms with Crippen molar-refractivity contribution in [2.45, 2.75) is 12.4 Å². The van der Waals surface area contributed by atoms with E-state index in [0.29, 0.717) is 0 Å². The molecule has 1 rings (SSSR count). The third-order valence-electron chi connectivity index (χ3n) is 1.13. The standard InChI is InChI=1S/C4H5F3N4O2S/c1-2-8-3(10-9-2)11-14(12,13)4(5,6)7/h1H3,(H2,8,9,10,11). The van der Waals surface area contributed by atoms with Crippen molar-refractivity contribution in [1.82, 2.24) is 15.2 Å². The summed E-state index contributed by atoms with van der Waals surface area (Å²) in [5, 5.41) is 5.38. The van der Waals surface area contributed by atoms with Crippen LogP contribution >= 0.6 is 0 Å². The molecule has 0 amide bonds. The first kappa shape index (κ1) is 10.8. The molecule has 0 aliphatic carbocycles. The molecule has 0 aromatic carbocycles. The lowest BCUT2D eigenvalue weighted by Gasteiger charge is -2.06. The normalized spacial score (nSPS) is 12.9. The number of rotatable bonds is 2. The zero-order chi connectivity index (χ0) is 11.0. The van der Waals surface area contributed by atoms with Crippen molar-refractivity contribution in [3.05, 3.63) is 5.82 Å². The number of hydrogen-bond acceptors (Lipinski definition) is 4. The van der Waals surface area contributed by atoms with E-state index in [1.54, 1.807) is 0 Å². The van der Waals surface area contributed by atoms with E-state index in [1.165, 1.54) is 11.6 Å². The van der Waals surface area contributed by atoms with E-state index in [9.17, 15) is 21.6 Å². The van der Waals surface area contributed by atoms with Crippen LogP contribution in [0.3, 0.4) is 0 Å². The number of sulfonamides is 1. The van der Waals surface area contributed by atoms with Crippen molar-refractivity contribution in [2.75, 3.05) is 4.72 Å². The molecule has 0 aliphatic rings. The topological polar surface area (TPSA) is 87.7 Å². The second kappa shape index (κ2) is 3.12. The van der Waals surface area contributed by atoms with E-state index in [4.69, 9.17) is 0 Å². The average molecular weight is 230 g/mol. The smallest absolute Gasteiger partial charge is 0.261 e. The maximum absolute atomic E-state index is 11.8. The van der Waals surface area contributed by atoms with Crippen LogP contribution in [-0.2, 0) is 10.0 Å². The van der Waals surface area contributed by atoms with E-state index >= 15 is 0 Å². The fourth-order valence-electron chi connectivity index (χ4n) is 0.566. The molecule has 1 aromatic rings. The van der Waals surface area contributed by atoms with Gasteiger partial charge in [0.1, 0.15) is 5.82 Å². The number of aryl methyl sites for hydroxylation is 1. The van der Waals surface area contributed by atoms with Crippen LogP contribution in [0.1, 0.15) is 5.82 Å². The lowest BCUT2D eigenvalue weighted by molar-refractivity contribution is -0.0429. The summed E-state index contributed by atoms with van der Waals surface area (Å²) in [5.74, 6) is -0.440. The molecule has 0 bridgehead atoms. The minimum absolute atomic E-state index is 0.199. The van der Waals surface area contributed by atoms with Gasteiger partial charge in [0.05, 0.1) is 0 Å². The van der Waals surface area contributed by atoms with E-state index in [1.807, 2.05) is 0 Å². The van der Waals surface area contributed by atoms with Crippen LogP contribution in [0.5, 0.6) is 0 Å². The summed E-state index contributed by atoms with van der Waals surface area (Å²) in [6, 6.07) is 0. The molecule has 0 aliphatic heterocycles. The van der Waals surface area contributed by atoms with Crippen molar-refractivity contribution in [3.63, 3.8) is 0 Å². The lowest BCUT2D eigenvalue weighted by Crippen LogP contribution is -2.30. The number of nitrogens with zero attached hydrogens (tertiary/aromatic N) is 2. The van der Waals surface area contributed by atoms with Gasteiger partial charge in [-0.05, 0) is 6.92 Å². The van der Waals surface area contributed by atoms with Crippen molar-refractivity contribution in [1.29, 1.82) is 0 Å². The maximum atomic E-state index is 11.8. The number of anilines is 1. The average Bonchev–Trinajstić information content (AvgIpc) is 2.31. The molecule has 0 spiro atoms. The zero-order valence-electron chi connectivity index (χ0n) is 6.75. The summed E-state index contributed by atoms with van der Waals surface area (Å²) >= 11 is 0. The van der Waals surface area contributed by atoms with E-state index < -0.39 is 21.5 Å². The van der Waals surface area contributed by atoms with Gasteiger partial charge in [0.25, 0.3) is 5.95 Å². The molecule has 10 heteroatoms. The number of alkyl halides is 3. The van der Waals surface area contributed by atoms with Crippen molar-refractivity contribution < 1.29 is 21.6 Å². The fraction of sp³-hybridized carbons (Fsp3) is 0.500. The number of aromatic nitrogens is 3. The summed E-state index contributed by atoms with van der Waals surface area (Å²) in [5.41, 5.74) is -5.37. The molecule has 6 nitrogen and oxygen atoms in total. The molecule has 0 unspecified atom stereocenters. The summed E-state index contributed by atoms with van der Waals surface area (Å²) in [6.45, 7) is 1.42. The fourth-order valence-corrected chi connectivity index (χ4v) is 1.01. The minimum atomic E-state index is -5.43. The molecule has 14 heavy (non-hydrogen) atoms. The van der Waals surface area contributed by atoms with Gasteiger partial charge < -0.3 is 0 Å². The van der Waals surface area contributed by atoms with Gasteiger partial charge in [0.2, 0.25) is 0 Å². The van der Waals surface area contributed by atoms with Crippen LogP contribution in [0.4, 0.5) is 19.1 Å². The Morgan fingerprint density at radius 1 is 1.43 bits per heavy atom. The number of nitrogens with one attached hydrogen (secondary N) is 2. The highest BCUT2D eigenvalue weighted by Gasteiger charge is 2.46. The van der Waals surface area contributed by atoms with Gasteiger partial charge in [0.15, 0.2) is 0 Å². The number of H-pyrrole nitrogens is 1. The Bertz CT molecular complexity index is 422. The molecule has 0 atom stereocenters. The number of hydrogen-bond donors (Lipinski definition) is 2. The Morgan fingerprint density at radius 3 is 2.36 bits per heavy atom. The van der Waals surface area contributed by atoms with E-state index in [-0.39, 0.29) is 5.82 Å². The molecule has 0 saturated carbocycles. The Kier molecular flexibility index (Phi) is 2.39. The Hall–Kier alpha value is -1.32. The van der Waals surface area contributed by atoms with E-state index in [2.05, 4.69) is 15.2 Å². The molecule has 0 fully saturated rings. The second-order valence-corrected chi connectivity index (χ2v) is 3.97. The van der Waals surface area contributed by atoms with Crippen LogP contribution in [0.2, 0.25) is 0 Å². The Balaban J connectivity index is 2.90. The van der Waals surface area contributed by atoms with Crippen molar-refractivity contribution >= 4 is 16.0 Å². The Morgan fingerprint density at radius 2 is 2.00 bits per heavy atom. The van der Waals surface area contributed by atoms with Crippen LogP contribution in [0.25, 0.3) is 0 Å². The summed E-state index contributed by atoms with van der Waals surface area (Å²) in [4.78, 5) is 3.35. The Labute approximate surface area is 76.6 Å². The predicted octanol–water partition coefficient (Wildman–Crippen LogP) is 0.375. The summed E-state index contributed by atoms with van der Waals surface area (Å²) < 4.78 is 57.6. The number of halogens is 3. The van der Waals surface area contributed by atoms with Crippen LogP contribution in [0, 0.1) is 6.92 Å². The van der Waals surface area contributed by atoms with E-state index in [0.717, 1.165) is 0 Å². The van der Waals surface area contributed by atoms with Gasteiger partial charge >= 0.3 is 15.5 Å². The molecular weight excluding hydrogens is 225 g/mol. The molecule has 1 aromatic heterocycles. The monoisotopic (exact) mass is 230 g/mol. The van der Waals surface area contributed by atoms with Gasteiger partial charge in [-0.15, -0.1) is 5.10 Å². The van der Waals surface area contributed by atoms with Crippen LogP contribution < -0.4 is 4.72 Å². The number of aromatic amines is 1. The molecule has 0 radical (unpaired) electrons. The molecule has 2 N–H and O–H groups in total. The lowest BCUT2D eigenvalue weighted by atomic mass is 10.8. The predicted molar refractivity (Wildman–Crippen MR) is 39.7 cm³/mol. The highest BCUT2D eigenvalue weighted by molar-refractivity contribution is 7.93. The van der Waals surface area contributed by atoms with Gasteiger partial charge in [-0.25, -0.2) is 4.72 Å². The second-order valence-electron chi connectivity index (χ2n) is 2.30. The first-order chi connectivity index (χ1) is 6.22. The maximum Gasteiger partial charge on any atom is 0.516 e. The van der Waals surface area contributed by atoms with Crippen molar-refractivity contribution in [2.24, 2.45) is 0 Å². The SMILES string of the molecule is Cc1nc(NS(=O)(=O)C(F)(F)F)n[nH]1. The van der Waals surface area contributed by atoms with Gasteiger partial charge in [-0.1, -0.05) is 0 Å². The molecule has 1 heterocycles. The molecule has 80 valence electrons. The molecular formula is C4H5F3N4O2S. The van der Waals surface area contributed by atoms with Crippen LogP contribution in [0.15, 0.2) is 0 Å². The van der Waals surface area contributed by atoms with Gasteiger partial charge in [-0.3, -0.25) is 5.10 Å². The third kappa shape index (κ3) is 2.13. The first-order valence-corrected chi connectivity index (χ1v) is 4.69. The largest absolute Gasteiger partial charge is 0.516 e. The summed E-state index contributed by atoms with van der Waals surface area (Å²) in [7, 11) is -5.43. The summed E-state index contributed by atoms with van der Waals surface area (Å²) in [6.07, 6.45) is 0. The third-order valence-corrected chi connectivity index (χ3v) is 2.19. The quantitative estimate of drug-likeness (QED) is 0.768. The van der Waals surface area contributed by atoms with Crippen LogP contribution in [-0.4, -0.2) is 29.1 Å².